The fourth-order valence-corrected chi connectivity index (χ4v) is 5.30. The Labute approximate surface area is 249 Å². The van der Waals surface area contributed by atoms with Crippen LogP contribution in [0.4, 0.5) is 0 Å². The smallest absolute Gasteiger partial charge is 0.364 e. The molecule has 1 aliphatic rings. The third-order valence-corrected chi connectivity index (χ3v) is 7.96. The molecule has 1 fully saturated rings. The number of amides is 2. The van der Waals surface area contributed by atoms with Crippen LogP contribution in [-0.4, -0.2) is 99.1 Å². The molecule has 3 rings (SSSR count). The molecule has 6 N–H and O–H groups in total. The molecule has 0 spiro atoms. The SMILES string of the molecule is CCSCCCO[C@]1(C(=O)O)CC(O)[C@@H](NC(C)=O)[C@H]([C@H](O)[C@H](O)CNC(=O)c2ccc(-c3ccc(C)cc3)cc2)O1. The normalized spacial score (nSPS) is 23.5. The average molecular weight is 605 g/mol. The number of hydrogen-bond acceptors (Lipinski definition) is 9. The van der Waals surface area contributed by atoms with Gasteiger partial charge in [-0.25, -0.2) is 4.79 Å². The number of nitrogens with one attached hydrogen (secondary N) is 2. The van der Waals surface area contributed by atoms with Gasteiger partial charge < -0.3 is 40.5 Å². The summed E-state index contributed by atoms with van der Waals surface area (Å²) in [6, 6.07) is 13.6. The highest BCUT2D eigenvalue weighted by Gasteiger charge is 2.55. The molecule has 2 amide bonds. The van der Waals surface area contributed by atoms with Crippen LogP contribution in [0.5, 0.6) is 0 Å². The molecule has 1 heterocycles. The van der Waals surface area contributed by atoms with Gasteiger partial charge in [0.1, 0.15) is 12.2 Å². The Balaban J connectivity index is 1.68. The van der Waals surface area contributed by atoms with Crippen LogP contribution in [0.25, 0.3) is 11.1 Å². The van der Waals surface area contributed by atoms with E-state index in [9.17, 15) is 34.8 Å². The lowest BCUT2D eigenvalue weighted by atomic mass is 9.88. The summed E-state index contributed by atoms with van der Waals surface area (Å²) in [7, 11) is 0. The van der Waals surface area contributed by atoms with E-state index >= 15 is 0 Å². The summed E-state index contributed by atoms with van der Waals surface area (Å²) in [5.74, 6) is -3.27. The highest BCUT2D eigenvalue weighted by atomic mass is 32.2. The third-order valence-electron chi connectivity index (χ3n) is 6.98. The van der Waals surface area contributed by atoms with Crippen molar-refractivity contribution in [1.82, 2.24) is 10.6 Å². The van der Waals surface area contributed by atoms with E-state index in [1.807, 2.05) is 38.1 Å². The molecule has 6 atom stereocenters. The summed E-state index contributed by atoms with van der Waals surface area (Å²) < 4.78 is 11.3. The van der Waals surface area contributed by atoms with Gasteiger partial charge in [0, 0.05) is 25.5 Å². The number of aliphatic carboxylic acids is 1. The van der Waals surface area contributed by atoms with Crippen LogP contribution in [0.1, 0.15) is 42.6 Å². The Morgan fingerprint density at radius 1 is 1.10 bits per heavy atom. The Bertz CT molecular complexity index is 1190. The van der Waals surface area contributed by atoms with Gasteiger partial charge >= 0.3 is 5.97 Å². The van der Waals surface area contributed by atoms with E-state index in [0.29, 0.717) is 12.0 Å². The minimum atomic E-state index is -2.31. The van der Waals surface area contributed by atoms with Crippen LogP contribution in [-0.2, 0) is 19.1 Å². The Morgan fingerprint density at radius 2 is 1.71 bits per heavy atom. The van der Waals surface area contributed by atoms with Crippen molar-refractivity contribution < 1.29 is 44.3 Å². The highest BCUT2D eigenvalue weighted by molar-refractivity contribution is 7.99. The largest absolute Gasteiger partial charge is 0.477 e. The summed E-state index contributed by atoms with van der Waals surface area (Å²) in [5, 5.41) is 47.6. The average Bonchev–Trinajstić information content (AvgIpc) is 2.96. The first-order valence-electron chi connectivity index (χ1n) is 13.9. The summed E-state index contributed by atoms with van der Waals surface area (Å²) in [4.78, 5) is 36.8. The monoisotopic (exact) mass is 604 g/mol. The van der Waals surface area contributed by atoms with Crippen molar-refractivity contribution in [3.63, 3.8) is 0 Å². The van der Waals surface area contributed by atoms with E-state index in [4.69, 9.17) is 9.47 Å². The number of hydrogen-bond donors (Lipinski definition) is 6. The van der Waals surface area contributed by atoms with Crippen molar-refractivity contribution in [3.8, 4) is 11.1 Å². The summed E-state index contributed by atoms with van der Waals surface area (Å²) in [5.41, 5.74) is 3.38. The summed E-state index contributed by atoms with van der Waals surface area (Å²) in [6.45, 7) is 4.78. The number of aliphatic hydroxyl groups is 3. The predicted octanol–water partition coefficient (Wildman–Crippen LogP) is 1.71. The van der Waals surface area contributed by atoms with E-state index in [1.165, 1.54) is 6.92 Å². The molecule has 0 saturated carbocycles. The minimum Gasteiger partial charge on any atom is -0.477 e. The van der Waals surface area contributed by atoms with Crippen LogP contribution < -0.4 is 10.6 Å². The molecule has 1 saturated heterocycles. The molecule has 1 unspecified atom stereocenters. The molecule has 0 aromatic heterocycles. The second-order valence-electron chi connectivity index (χ2n) is 10.2. The molecule has 1 aliphatic heterocycles. The second kappa shape index (κ2) is 15.5. The zero-order chi connectivity index (χ0) is 30.9. The van der Waals surface area contributed by atoms with Gasteiger partial charge in [0.15, 0.2) is 0 Å². The number of ether oxygens (including phenoxy) is 2. The number of carboxylic acid groups (broad SMARTS) is 1. The number of benzene rings is 2. The van der Waals surface area contributed by atoms with E-state index < -0.39 is 67.0 Å². The van der Waals surface area contributed by atoms with E-state index in [1.54, 1.807) is 36.0 Å². The molecular formula is C30H40N2O9S. The van der Waals surface area contributed by atoms with Gasteiger partial charge in [-0.05, 0) is 48.1 Å². The molecule has 0 bridgehead atoms. The van der Waals surface area contributed by atoms with Crippen molar-refractivity contribution in [1.29, 1.82) is 0 Å². The van der Waals surface area contributed by atoms with Crippen molar-refractivity contribution in [3.05, 3.63) is 59.7 Å². The van der Waals surface area contributed by atoms with Gasteiger partial charge in [0.05, 0.1) is 24.9 Å². The number of rotatable bonds is 14. The zero-order valence-corrected chi connectivity index (χ0v) is 24.8. The maximum absolute atomic E-state index is 12.8. The van der Waals surface area contributed by atoms with Gasteiger partial charge in [-0.2, -0.15) is 11.8 Å². The van der Waals surface area contributed by atoms with Gasteiger partial charge in [-0.15, -0.1) is 0 Å². The maximum Gasteiger partial charge on any atom is 0.364 e. The standard InChI is InChI=1S/C30H40N2O9S/c1-4-42-15-5-14-40-30(29(38)39)16-23(34)25(32-19(3)33)27(41-30)26(36)24(35)17-31-28(37)22-12-10-21(11-13-22)20-8-6-18(2)7-9-20/h6-13,23-27,34-36H,4-5,14-17H2,1-3H3,(H,31,37)(H,32,33)(H,38,39)/t23?,24-,25-,26-,27-,30-/m1/s1. The van der Waals surface area contributed by atoms with E-state index in [-0.39, 0.29) is 6.61 Å². The summed E-state index contributed by atoms with van der Waals surface area (Å²) >= 11 is 1.65. The number of aliphatic hydroxyl groups excluding tert-OH is 3. The maximum atomic E-state index is 12.8. The fourth-order valence-electron chi connectivity index (χ4n) is 4.69. The molecule has 2 aromatic rings. The molecule has 12 heteroatoms. The van der Waals surface area contributed by atoms with Crippen LogP contribution in [0, 0.1) is 6.92 Å². The molecule has 42 heavy (non-hydrogen) atoms. The first-order valence-corrected chi connectivity index (χ1v) is 15.0. The zero-order valence-electron chi connectivity index (χ0n) is 24.0. The quantitative estimate of drug-likeness (QED) is 0.174. The van der Waals surface area contributed by atoms with Crippen molar-refractivity contribution in [2.45, 2.75) is 69.9 Å². The van der Waals surface area contributed by atoms with E-state index in [2.05, 4.69) is 10.6 Å². The number of carbonyl (C=O) groups is 3. The predicted molar refractivity (Wildman–Crippen MR) is 158 cm³/mol. The topological polar surface area (TPSA) is 175 Å². The fraction of sp³-hybridized carbons (Fsp3) is 0.500. The van der Waals surface area contributed by atoms with E-state index in [0.717, 1.165) is 28.2 Å². The lowest BCUT2D eigenvalue weighted by molar-refractivity contribution is -0.310. The lowest BCUT2D eigenvalue weighted by Gasteiger charge is -2.46. The van der Waals surface area contributed by atoms with Crippen LogP contribution in [0.3, 0.4) is 0 Å². The first-order chi connectivity index (χ1) is 20.0. The van der Waals surface area contributed by atoms with Gasteiger partial charge in [0.25, 0.3) is 11.7 Å². The Morgan fingerprint density at radius 3 is 2.29 bits per heavy atom. The number of thioether (sulfide) groups is 1. The van der Waals surface area contributed by atoms with Gasteiger partial charge in [0.2, 0.25) is 5.91 Å². The lowest BCUT2D eigenvalue weighted by Crippen LogP contribution is -2.68. The molecule has 0 radical (unpaired) electrons. The minimum absolute atomic E-state index is 0.0148. The van der Waals surface area contributed by atoms with Crippen molar-refractivity contribution >= 4 is 29.5 Å². The molecule has 11 nitrogen and oxygen atoms in total. The number of carbonyl (C=O) groups excluding carboxylic acids is 2. The van der Waals surface area contributed by atoms with Crippen LogP contribution >= 0.6 is 11.8 Å². The Hall–Kier alpha value is -3.00. The number of aryl methyl sites for hydroxylation is 1. The van der Waals surface area contributed by atoms with Crippen LogP contribution in [0.2, 0.25) is 0 Å². The summed E-state index contributed by atoms with van der Waals surface area (Å²) in [6.07, 6.45) is -6.48. The third kappa shape index (κ3) is 8.76. The molecule has 230 valence electrons. The molecular weight excluding hydrogens is 564 g/mol. The molecule has 2 aromatic carbocycles. The van der Waals surface area contributed by atoms with Gasteiger partial charge in [-0.3, -0.25) is 9.59 Å². The Kier molecular flexibility index (Phi) is 12.3. The van der Waals surface area contributed by atoms with Crippen molar-refractivity contribution in [2.75, 3.05) is 24.7 Å². The van der Waals surface area contributed by atoms with Gasteiger partial charge in [-0.1, -0.05) is 48.9 Å². The first kappa shape index (κ1) is 33.5. The highest BCUT2D eigenvalue weighted by Crippen LogP contribution is 2.34. The van der Waals surface area contributed by atoms with Crippen LogP contribution in [0.15, 0.2) is 48.5 Å². The second-order valence-corrected chi connectivity index (χ2v) is 11.6. The van der Waals surface area contributed by atoms with Crippen molar-refractivity contribution in [2.24, 2.45) is 0 Å². The molecule has 0 aliphatic carbocycles. The number of carboxylic acids is 1.